The molecule has 0 bridgehead atoms. The number of carbonyl (C=O) groups is 2. The van der Waals surface area contributed by atoms with Crippen LogP contribution in [-0.4, -0.2) is 24.5 Å². The SMILES string of the molecule is C=CC=CCCC(CC(=O)NCC(C)C)OC(C)=O. The van der Waals surface area contributed by atoms with E-state index in [-0.39, 0.29) is 24.4 Å². The van der Waals surface area contributed by atoms with E-state index in [1.54, 1.807) is 6.08 Å². The largest absolute Gasteiger partial charge is 0.462 e. The van der Waals surface area contributed by atoms with E-state index in [0.29, 0.717) is 18.9 Å². The summed E-state index contributed by atoms with van der Waals surface area (Å²) in [5, 5.41) is 2.82. The zero-order valence-electron chi connectivity index (χ0n) is 12.1. The Kier molecular flexibility index (Phi) is 9.49. The molecule has 1 N–H and O–H groups in total. The molecule has 108 valence electrons. The summed E-state index contributed by atoms with van der Waals surface area (Å²) in [6.45, 7) is 9.64. The van der Waals surface area contributed by atoms with Crippen molar-refractivity contribution in [3.63, 3.8) is 0 Å². The summed E-state index contributed by atoms with van der Waals surface area (Å²) in [6, 6.07) is 0. The fourth-order valence-electron chi connectivity index (χ4n) is 1.51. The Bertz CT molecular complexity index is 321. The summed E-state index contributed by atoms with van der Waals surface area (Å²) in [4.78, 5) is 22.7. The highest BCUT2D eigenvalue weighted by atomic mass is 16.5. The number of hydrogen-bond acceptors (Lipinski definition) is 3. The molecule has 0 fully saturated rings. The summed E-state index contributed by atoms with van der Waals surface area (Å²) < 4.78 is 5.15. The molecule has 0 saturated heterocycles. The smallest absolute Gasteiger partial charge is 0.302 e. The summed E-state index contributed by atoms with van der Waals surface area (Å²) in [5.74, 6) is -0.0198. The molecule has 0 aliphatic carbocycles. The second-order valence-electron chi connectivity index (χ2n) is 4.87. The van der Waals surface area contributed by atoms with E-state index >= 15 is 0 Å². The molecule has 0 aromatic rings. The molecular weight excluding hydrogens is 242 g/mol. The minimum absolute atomic E-state index is 0.0762. The molecule has 0 aromatic carbocycles. The maximum absolute atomic E-state index is 11.7. The minimum Gasteiger partial charge on any atom is -0.462 e. The summed E-state index contributed by atoms with van der Waals surface area (Å²) >= 11 is 0. The third-order valence-corrected chi connectivity index (χ3v) is 2.38. The Morgan fingerprint density at radius 2 is 2.05 bits per heavy atom. The lowest BCUT2D eigenvalue weighted by Crippen LogP contribution is -2.31. The van der Waals surface area contributed by atoms with Crippen LogP contribution in [0.5, 0.6) is 0 Å². The van der Waals surface area contributed by atoms with Crippen LogP contribution < -0.4 is 5.32 Å². The van der Waals surface area contributed by atoms with Gasteiger partial charge in [0.25, 0.3) is 0 Å². The fourth-order valence-corrected chi connectivity index (χ4v) is 1.51. The van der Waals surface area contributed by atoms with Crippen LogP contribution in [0, 0.1) is 5.92 Å². The zero-order valence-corrected chi connectivity index (χ0v) is 12.1. The van der Waals surface area contributed by atoms with Gasteiger partial charge in [-0.1, -0.05) is 38.7 Å². The van der Waals surface area contributed by atoms with E-state index in [2.05, 4.69) is 11.9 Å². The average Bonchev–Trinajstić information content (AvgIpc) is 2.31. The zero-order chi connectivity index (χ0) is 14.7. The quantitative estimate of drug-likeness (QED) is 0.516. The highest BCUT2D eigenvalue weighted by molar-refractivity contribution is 5.77. The molecule has 0 heterocycles. The lowest BCUT2D eigenvalue weighted by atomic mass is 10.1. The van der Waals surface area contributed by atoms with E-state index in [1.165, 1.54) is 6.92 Å². The Hall–Kier alpha value is -1.58. The molecule has 19 heavy (non-hydrogen) atoms. The minimum atomic E-state index is -0.362. The van der Waals surface area contributed by atoms with Crippen molar-refractivity contribution in [2.24, 2.45) is 5.92 Å². The van der Waals surface area contributed by atoms with Gasteiger partial charge in [0.05, 0.1) is 6.42 Å². The molecule has 4 heteroatoms. The monoisotopic (exact) mass is 267 g/mol. The molecule has 0 spiro atoms. The van der Waals surface area contributed by atoms with Crippen LogP contribution in [0.25, 0.3) is 0 Å². The molecule has 4 nitrogen and oxygen atoms in total. The summed E-state index contributed by atoms with van der Waals surface area (Å²) in [6.07, 6.45) is 6.71. The lowest BCUT2D eigenvalue weighted by Gasteiger charge is -2.16. The molecule has 1 unspecified atom stereocenters. The first kappa shape index (κ1) is 17.4. The predicted octanol–water partition coefficient (Wildman–Crippen LogP) is 2.60. The molecule has 0 radical (unpaired) electrons. The van der Waals surface area contributed by atoms with Gasteiger partial charge in [0, 0.05) is 13.5 Å². The normalized spacial score (nSPS) is 12.4. The van der Waals surface area contributed by atoms with Gasteiger partial charge in [-0.15, -0.1) is 0 Å². The summed E-state index contributed by atoms with van der Waals surface area (Å²) in [7, 11) is 0. The number of allylic oxidation sites excluding steroid dienone is 3. The number of hydrogen-bond donors (Lipinski definition) is 1. The third-order valence-electron chi connectivity index (χ3n) is 2.38. The number of rotatable bonds is 9. The molecule has 0 saturated carbocycles. The second kappa shape index (κ2) is 10.4. The topological polar surface area (TPSA) is 55.4 Å². The maximum atomic E-state index is 11.7. The van der Waals surface area contributed by atoms with Crippen LogP contribution in [0.3, 0.4) is 0 Å². The van der Waals surface area contributed by atoms with Crippen molar-refractivity contribution < 1.29 is 14.3 Å². The number of amides is 1. The van der Waals surface area contributed by atoms with Crippen molar-refractivity contribution in [1.29, 1.82) is 0 Å². The van der Waals surface area contributed by atoms with E-state index in [1.807, 2.05) is 26.0 Å². The van der Waals surface area contributed by atoms with Gasteiger partial charge in [0.1, 0.15) is 6.10 Å². The fraction of sp³-hybridized carbons (Fsp3) is 0.600. The van der Waals surface area contributed by atoms with Crippen molar-refractivity contribution in [2.75, 3.05) is 6.54 Å². The standard InChI is InChI=1S/C15H25NO3/c1-5-6-7-8-9-14(19-13(4)17)10-15(18)16-11-12(2)3/h5-7,12,14H,1,8-11H2,2-4H3,(H,16,18). The summed E-state index contributed by atoms with van der Waals surface area (Å²) in [5.41, 5.74) is 0. The van der Waals surface area contributed by atoms with Gasteiger partial charge in [0.2, 0.25) is 5.91 Å². The Morgan fingerprint density at radius 1 is 1.37 bits per heavy atom. The Labute approximate surface area is 115 Å². The van der Waals surface area contributed by atoms with Crippen LogP contribution in [0.15, 0.2) is 24.8 Å². The highest BCUT2D eigenvalue weighted by Gasteiger charge is 2.16. The first-order valence-electron chi connectivity index (χ1n) is 6.67. The van der Waals surface area contributed by atoms with Crippen LogP contribution >= 0.6 is 0 Å². The first-order chi connectivity index (χ1) is 8.95. The molecule has 0 rings (SSSR count). The molecule has 1 amide bonds. The Balaban J connectivity index is 4.17. The van der Waals surface area contributed by atoms with Gasteiger partial charge in [-0.2, -0.15) is 0 Å². The lowest BCUT2D eigenvalue weighted by molar-refractivity contribution is -0.148. The van der Waals surface area contributed by atoms with Crippen molar-refractivity contribution in [3.8, 4) is 0 Å². The van der Waals surface area contributed by atoms with Gasteiger partial charge >= 0.3 is 5.97 Å². The molecule has 0 aliphatic heterocycles. The Morgan fingerprint density at radius 3 is 2.58 bits per heavy atom. The van der Waals surface area contributed by atoms with Crippen molar-refractivity contribution in [1.82, 2.24) is 5.32 Å². The van der Waals surface area contributed by atoms with E-state index in [9.17, 15) is 9.59 Å². The van der Waals surface area contributed by atoms with E-state index < -0.39 is 0 Å². The van der Waals surface area contributed by atoms with Gasteiger partial charge in [-0.3, -0.25) is 9.59 Å². The molecule has 0 aromatic heterocycles. The van der Waals surface area contributed by atoms with Gasteiger partial charge in [-0.05, 0) is 18.8 Å². The predicted molar refractivity (Wildman–Crippen MR) is 76.6 cm³/mol. The van der Waals surface area contributed by atoms with Crippen LogP contribution in [-0.2, 0) is 14.3 Å². The number of carbonyl (C=O) groups excluding carboxylic acids is 2. The molecule has 1 atom stereocenters. The highest BCUT2D eigenvalue weighted by Crippen LogP contribution is 2.08. The van der Waals surface area contributed by atoms with Gasteiger partial charge in [0.15, 0.2) is 0 Å². The van der Waals surface area contributed by atoms with Crippen molar-refractivity contribution in [2.45, 2.75) is 46.1 Å². The number of nitrogens with one attached hydrogen (secondary N) is 1. The van der Waals surface area contributed by atoms with Gasteiger partial charge in [-0.25, -0.2) is 0 Å². The van der Waals surface area contributed by atoms with Crippen molar-refractivity contribution in [3.05, 3.63) is 24.8 Å². The number of esters is 1. The van der Waals surface area contributed by atoms with Crippen LogP contribution in [0.1, 0.15) is 40.0 Å². The average molecular weight is 267 g/mol. The maximum Gasteiger partial charge on any atom is 0.302 e. The van der Waals surface area contributed by atoms with E-state index in [0.717, 1.165) is 6.42 Å². The van der Waals surface area contributed by atoms with E-state index in [4.69, 9.17) is 4.74 Å². The number of ether oxygens (including phenoxy) is 1. The van der Waals surface area contributed by atoms with Gasteiger partial charge < -0.3 is 10.1 Å². The third kappa shape index (κ3) is 11.3. The second-order valence-corrected chi connectivity index (χ2v) is 4.87. The van der Waals surface area contributed by atoms with Crippen molar-refractivity contribution >= 4 is 11.9 Å². The molecule has 0 aliphatic rings. The van der Waals surface area contributed by atoms with Crippen LogP contribution in [0.4, 0.5) is 0 Å². The first-order valence-corrected chi connectivity index (χ1v) is 6.67. The molecular formula is C15H25NO3. The van der Waals surface area contributed by atoms with Crippen LogP contribution in [0.2, 0.25) is 0 Å².